The number of carbonyl (C=O) groups excluding carboxylic acids is 2. The summed E-state index contributed by atoms with van der Waals surface area (Å²) in [5, 5.41) is 6.28. The van der Waals surface area contributed by atoms with Gasteiger partial charge in [0.2, 0.25) is 0 Å². The lowest BCUT2D eigenvalue weighted by molar-refractivity contribution is -0.123. The number of nitrogens with one attached hydrogen (secondary N) is 2. The molecule has 0 radical (unpaired) electrons. The van der Waals surface area contributed by atoms with Crippen molar-refractivity contribution in [3.63, 3.8) is 0 Å². The number of amides is 2. The molecule has 6 nitrogen and oxygen atoms in total. The molecule has 0 aliphatic heterocycles. The van der Waals surface area contributed by atoms with E-state index in [-0.39, 0.29) is 30.2 Å². The number of rotatable bonds is 8. The first kappa shape index (κ1) is 20.5. The molecule has 0 aliphatic carbocycles. The molecule has 1 heterocycles. The molecule has 7 heteroatoms. The van der Waals surface area contributed by atoms with Gasteiger partial charge in [0, 0.05) is 16.8 Å². The summed E-state index contributed by atoms with van der Waals surface area (Å²) >= 11 is 6.03. The lowest BCUT2D eigenvalue weighted by atomic mass is 10.0. The predicted molar refractivity (Wildman–Crippen MR) is 111 cm³/mol. The second-order valence-electron chi connectivity index (χ2n) is 6.33. The average Bonchev–Trinajstić information content (AvgIpc) is 3.26. The molecule has 2 aromatic carbocycles. The van der Waals surface area contributed by atoms with Gasteiger partial charge in [-0.1, -0.05) is 36.7 Å². The zero-order valence-corrected chi connectivity index (χ0v) is 16.6. The van der Waals surface area contributed by atoms with Gasteiger partial charge in [-0.3, -0.25) is 9.59 Å². The van der Waals surface area contributed by atoms with E-state index < -0.39 is 0 Å². The zero-order valence-electron chi connectivity index (χ0n) is 15.9. The minimum Gasteiger partial charge on any atom is -0.484 e. The molecule has 1 atom stereocenters. The Hall–Kier alpha value is -3.25. The fourth-order valence-corrected chi connectivity index (χ4v) is 2.99. The number of hydrogen-bond donors (Lipinski definition) is 2. The summed E-state index contributed by atoms with van der Waals surface area (Å²) in [6.45, 7) is 1.84. The topological polar surface area (TPSA) is 80.6 Å². The molecule has 0 saturated carbocycles. The maximum atomic E-state index is 12.3. The van der Waals surface area contributed by atoms with Crippen molar-refractivity contribution in [3.05, 3.63) is 83.3 Å². The summed E-state index contributed by atoms with van der Waals surface area (Å²) in [5.41, 5.74) is 1.48. The summed E-state index contributed by atoms with van der Waals surface area (Å²) in [7, 11) is 0. The van der Waals surface area contributed by atoms with Crippen LogP contribution in [0.25, 0.3) is 0 Å². The molecule has 0 saturated heterocycles. The van der Waals surface area contributed by atoms with Crippen LogP contribution in [0.2, 0.25) is 5.02 Å². The van der Waals surface area contributed by atoms with Crippen LogP contribution in [0.15, 0.2) is 71.3 Å². The van der Waals surface area contributed by atoms with Crippen molar-refractivity contribution in [2.24, 2.45) is 0 Å². The SMILES string of the molecule is CCC(NC(=O)COc1cccc(NC(=O)c2ccco2)c1)c1cccc(Cl)c1. The highest BCUT2D eigenvalue weighted by atomic mass is 35.5. The lowest BCUT2D eigenvalue weighted by Gasteiger charge is -2.18. The van der Waals surface area contributed by atoms with Crippen LogP contribution in [-0.2, 0) is 4.79 Å². The number of furan rings is 1. The zero-order chi connectivity index (χ0) is 20.6. The van der Waals surface area contributed by atoms with Crippen LogP contribution in [0.4, 0.5) is 5.69 Å². The fraction of sp³-hybridized carbons (Fsp3) is 0.182. The van der Waals surface area contributed by atoms with E-state index in [2.05, 4.69) is 10.6 Å². The molecule has 0 spiro atoms. The van der Waals surface area contributed by atoms with Gasteiger partial charge in [0.15, 0.2) is 12.4 Å². The van der Waals surface area contributed by atoms with Crippen molar-refractivity contribution in [1.29, 1.82) is 0 Å². The normalized spacial score (nSPS) is 11.5. The van der Waals surface area contributed by atoms with Gasteiger partial charge >= 0.3 is 0 Å². The van der Waals surface area contributed by atoms with Crippen LogP contribution in [0.5, 0.6) is 5.75 Å². The third kappa shape index (κ3) is 5.86. The van der Waals surface area contributed by atoms with Gasteiger partial charge in [0.05, 0.1) is 12.3 Å². The van der Waals surface area contributed by atoms with Gasteiger partial charge in [0.25, 0.3) is 11.8 Å². The minimum absolute atomic E-state index is 0.146. The summed E-state index contributed by atoms with van der Waals surface area (Å²) in [5.74, 6) is 0.0644. The second-order valence-corrected chi connectivity index (χ2v) is 6.77. The Kier molecular flexibility index (Phi) is 6.92. The van der Waals surface area contributed by atoms with Crippen LogP contribution < -0.4 is 15.4 Å². The van der Waals surface area contributed by atoms with Crippen molar-refractivity contribution >= 4 is 29.1 Å². The third-order valence-corrected chi connectivity index (χ3v) is 4.44. The first-order chi connectivity index (χ1) is 14.0. The molecule has 1 unspecified atom stereocenters. The van der Waals surface area contributed by atoms with Crippen molar-refractivity contribution in [1.82, 2.24) is 5.32 Å². The van der Waals surface area contributed by atoms with Gasteiger partial charge in [-0.2, -0.15) is 0 Å². The molecule has 150 valence electrons. The monoisotopic (exact) mass is 412 g/mol. The molecule has 0 bridgehead atoms. The van der Waals surface area contributed by atoms with E-state index in [1.54, 1.807) is 42.5 Å². The van der Waals surface area contributed by atoms with Crippen molar-refractivity contribution in [3.8, 4) is 5.75 Å². The minimum atomic E-state index is -0.364. The Morgan fingerprint density at radius 1 is 1.10 bits per heavy atom. The summed E-state index contributed by atoms with van der Waals surface area (Å²) in [6.07, 6.45) is 2.15. The van der Waals surface area contributed by atoms with E-state index in [0.717, 1.165) is 12.0 Å². The van der Waals surface area contributed by atoms with Gasteiger partial charge in [-0.25, -0.2) is 0 Å². The van der Waals surface area contributed by atoms with Crippen molar-refractivity contribution in [2.75, 3.05) is 11.9 Å². The molecule has 3 rings (SSSR count). The van der Waals surface area contributed by atoms with Crippen LogP contribution in [0, 0.1) is 0 Å². The van der Waals surface area contributed by atoms with E-state index in [4.69, 9.17) is 20.8 Å². The van der Waals surface area contributed by atoms with E-state index in [1.165, 1.54) is 6.26 Å². The second kappa shape index (κ2) is 9.80. The molecular formula is C22H21ClN2O4. The summed E-state index contributed by atoms with van der Waals surface area (Å²) in [4.78, 5) is 24.4. The smallest absolute Gasteiger partial charge is 0.291 e. The Labute approximate surface area is 173 Å². The highest BCUT2D eigenvalue weighted by Gasteiger charge is 2.14. The van der Waals surface area contributed by atoms with Crippen LogP contribution in [-0.4, -0.2) is 18.4 Å². The highest BCUT2D eigenvalue weighted by molar-refractivity contribution is 6.30. The predicted octanol–water partition coefficient (Wildman–Crippen LogP) is 4.83. The van der Waals surface area contributed by atoms with Crippen molar-refractivity contribution in [2.45, 2.75) is 19.4 Å². The molecular weight excluding hydrogens is 392 g/mol. The summed E-state index contributed by atoms with van der Waals surface area (Å²) in [6, 6.07) is 17.3. The van der Waals surface area contributed by atoms with Crippen LogP contribution in [0.1, 0.15) is 35.5 Å². The van der Waals surface area contributed by atoms with E-state index >= 15 is 0 Å². The standard InChI is InChI=1S/C22H21ClN2O4/c1-2-19(15-6-3-7-16(23)12-15)25-21(26)14-29-18-9-4-8-17(13-18)24-22(27)20-10-5-11-28-20/h3-13,19H,2,14H2,1H3,(H,24,27)(H,25,26). The average molecular weight is 413 g/mol. The third-order valence-electron chi connectivity index (χ3n) is 4.20. The molecule has 0 aliphatic rings. The number of ether oxygens (including phenoxy) is 1. The van der Waals surface area contributed by atoms with Gasteiger partial charge in [0.1, 0.15) is 5.75 Å². The number of carbonyl (C=O) groups is 2. The van der Waals surface area contributed by atoms with Gasteiger partial charge in [-0.05, 0) is 48.4 Å². The Bertz CT molecular complexity index is 972. The first-order valence-electron chi connectivity index (χ1n) is 9.17. The molecule has 2 N–H and O–H groups in total. The van der Waals surface area contributed by atoms with Crippen molar-refractivity contribution < 1.29 is 18.7 Å². The number of hydrogen-bond acceptors (Lipinski definition) is 4. The number of anilines is 1. The molecule has 29 heavy (non-hydrogen) atoms. The van der Waals surface area contributed by atoms with E-state index in [0.29, 0.717) is 16.5 Å². The highest BCUT2D eigenvalue weighted by Crippen LogP contribution is 2.21. The van der Waals surface area contributed by atoms with Crippen LogP contribution >= 0.6 is 11.6 Å². The molecule has 3 aromatic rings. The molecule has 1 aromatic heterocycles. The molecule has 0 fully saturated rings. The number of halogens is 1. The Balaban J connectivity index is 1.55. The van der Waals surface area contributed by atoms with Gasteiger partial charge < -0.3 is 19.8 Å². The Morgan fingerprint density at radius 2 is 1.93 bits per heavy atom. The lowest BCUT2D eigenvalue weighted by Crippen LogP contribution is -2.32. The summed E-state index contributed by atoms with van der Waals surface area (Å²) < 4.78 is 10.6. The fourth-order valence-electron chi connectivity index (χ4n) is 2.79. The largest absolute Gasteiger partial charge is 0.484 e. The van der Waals surface area contributed by atoms with Crippen LogP contribution in [0.3, 0.4) is 0 Å². The maximum Gasteiger partial charge on any atom is 0.291 e. The Morgan fingerprint density at radius 3 is 2.66 bits per heavy atom. The quantitative estimate of drug-likeness (QED) is 0.555. The van der Waals surface area contributed by atoms with E-state index in [9.17, 15) is 9.59 Å². The van der Waals surface area contributed by atoms with E-state index in [1.807, 2.05) is 25.1 Å². The first-order valence-corrected chi connectivity index (χ1v) is 9.55. The maximum absolute atomic E-state index is 12.3. The number of benzene rings is 2. The molecule has 2 amide bonds. The van der Waals surface area contributed by atoms with Gasteiger partial charge in [-0.15, -0.1) is 0 Å².